The number of anilines is 1. The topological polar surface area (TPSA) is 104 Å². The SMILES string of the molecule is C=CCN(C)C(=O)[C@@H]1C[C@@H](O)[C@H](O)[C@H]2N=C(Nc3ccc4c(c3)OCO4)S[C@@H]21. The molecule has 2 heterocycles. The van der Waals surface area contributed by atoms with E-state index in [0.29, 0.717) is 23.2 Å². The van der Waals surface area contributed by atoms with Crippen LogP contribution >= 0.6 is 11.8 Å². The number of amidine groups is 1. The third-order valence-corrected chi connectivity index (χ3v) is 6.52. The summed E-state index contributed by atoms with van der Waals surface area (Å²) in [5.74, 6) is 0.835. The summed E-state index contributed by atoms with van der Waals surface area (Å²) in [6, 6.07) is 4.94. The predicted octanol–water partition coefficient (Wildman–Crippen LogP) is 1.05. The molecule has 1 aliphatic carbocycles. The average Bonchev–Trinajstić information content (AvgIpc) is 3.31. The second-order valence-electron chi connectivity index (χ2n) is 7.11. The highest BCUT2D eigenvalue weighted by atomic mass is 32.2. The van der Waals surface area contributed by atoms with Crippen molar-refractivity contribution in [2.75, 3.05) is 25.7 Å². The Morgan fingerprint density at radius 1 is 1.43 bits per heavy atom. The Morgan fingerprint density at radius 3 is 3.00 bits per heavy atom. The van der Waals surface area contributed by atoms with Crippen LogP contribution in [-0.4, -0.2) is 70.1 Å². The standard InChI is InChI=1S/C19H23N3O5S/c1-3-6-22(2)18(25)11-8-12(23)16(24)15-17(11)28-19(21-15)20-10-4-5-13-14(7-10)27-9-26-13/h3-5,7,11-12,15-17,23-24H,1,6,8-9H2,2H3,(H,20,21)/t11-,12-,15-,16+,17-/m1/s1. The first-order chi connectivity index (χ1) is 13.5. The van der Waals surface area contributed by atoms with E-state index in [1.807, 2.05) is 18.2 Å². The fourth-order valence-electron chi connectivity index (χ4n) is 3.76. The Kier molecular flexibility index (Phi) is 5.22. The highest BCUT2D eigenvalue weighted by Gasteiger charge is 2.50. The van der Waals surface area contributed by atoms with Crippen LogP contribution in [0.25, 0.3) is 0 Å². The number of nitrogens with zero attached hydrogens (tertiary/aromatic N) is 2. The van der Waals surface area contributed by atoms with Gasteiger partial charge in [0.05, 0.1) is 18.1 Å². The van der Waals surface area contributed by atoms with Crippen LogP contribution < -0.4 is 14.8 Å². The highest BCUT2D eigenvalue weighted by Crippen LogP contribution is 2.42. The van der Waals surface area contributed by atoms with Gasteiger partial charge in [-0.2, -0.15) is 0 Å². The summed E-state index contributed by atoms with van der Waals surface area (Å²) in [5.41, 5.74) is 0.774. The van der Waals surface area contributed by atoms with Crippen molar-refractivity contribution in [3.8, 4) is 11.5 Å². The smallest absolute Gasteiger partial charge is 0.231 e. The Balaban J connectivity index is 1.52. The number of hydrogen-bond acceptors (Lipinski definition) is 8. The van der Waals surface area contributed by atoms with E-state index < -0.39 is 24.2 Å². The van der Waals surface area contributed by atoms with Crippen molar-refractivity contribution in [3.05, 3.63) is 30.9 Å². The Hall–Kier alpha value is -2.23. The third kappa shape index (κ3) is 3.45. The van der Waals surface area contributed by atoms with E-state index in [4.69, 9.17) is 9.47 Å². The van der Waals surface area contributed by atoms with E-state index in [1.165, 1.54) is 11.8 Å². The van der Waals surface area contributed by atoms with Crippen molar-refractivity contribution >= 4 is 28.5 Å². The van der Waals surface area contributed by atoms with Crippen LogP contribution in [0.4, 0.5) is 5.69 Å². The summed E-state index contributed by atoms with van der Waals surface area (Å²) in [7, 11) is 1.71. The number of benzene rings is 1. The molecule has 0 spiro atoms. The quantitative estimate of drug-likeness (QED) is 0.644. The molecule has 1 aromatic rings. The lowest BCUT2D eigenvalue weighted by atomic mass is 9.80. The van der Waals surface area contributed by atoms with E-state index in [-0.39, 0.29) is 24.4 Å². The van der Waals surface area contributed by atoms with Crippen molar-refractivity contribution < 1.29 is 24.5 Å². The zero-order valence-electron chi connectivity index (χ0n) is 15.4. The fraction of sp³-hybridized carbons (Fsp3) is 0.474. The number of aliphatic imine (C=N–C) groups is 1. The van der Waals surface area contributed by atoms with Crippen molar-refractivity contribution in [2.24, 2.45) is 10.9 Å². The number of thioether (sulfide) groups is 1. The molecule has 1 amide bonds. The van der Waals surface area contributed by atoms with Gasteiger partial charge in [0.25, 0.3) is 0 Å². The lowest BCUT2D eigenvalue weighted by Gasteiger charge is -2.38. The molecule has 0 unspecified atom stereocenters. The summed E-state index contributed by atoms with van der Waals surface area (Å²) in [6.07, 6.45) is -0.111. The maximum absolute atomic E-state index is 12.8. The number of ether oxygens (including phenoxy) is 2. The van der Waals surface area contributed by atoms with Crippen LogP contribution in [0.15, 0.2) is 35.8 Å². The number of hydrogen-bond donors (Lipinski definition) is 3. The summed E-state index contributed by atoms with van der Waals surface area (Å²) < 4.78 is 10.7. The van der Waals surface area contributed by atoms with Gasteiger partial charge >= 0.3 is 0 Å². The number of aliphatic hydroxyl groups excluding tert-OH is 2. The molecule has 0 bridgehead atoms. The number of likely N-dealkylation sites (N-methyl/N-ethyl adjacent to an activating group) is 1. The summed E-state index contributed by atoms with van der Waals surface area (Å²) in [5, 5.41) is 24.3. The molecule has 2 aliphatic heterocycles. The van der Waals surface area contributed by atoms with Crippen LogP contribution in [0.1, 0.15) is 6.42 Å². The molecule has 4 rings (SSSR count). The van der Waals surface area contributed by atoms with Crippen molar-refractivity contribution in [2.45, 2.75) is 29.9 Å². The van der Waals surface area contributed by atoms with Crippen LogP contribution in [-0.2, 0) is 4.79 Å². The first-order valence-corrected chi connectivity index (χ1v) is 9.99. The monoisotopic (exact) mass is 405 g/mol. The van der Waals surface area contributed by atoms with Crippen molar-refractivity contribution in [1.82, 2.24) is 4.90 Å². The van der Waals surface area contributed by atoms with E-state index >= 15 is 0 Å². The molecular formula is C19H23N3O5S. The molecule has 0 aromatic heterocycles. The summed E-state index contributed by atoms with van der Waals surface area (Å²) in [6.45, 7) is 4.29. The first kappa shape index (κ1) is 19.1. The minimum absolute atomic E-state index is 0.0760. The lowest BCUT2D eigenvalue weighted by molar-refractivity contribution is -0.138. The number of aliphatic hydroxyl groups is 2. The van der Waals surface area contributed by atoms with Gasteiger partial charge in [-0.05, 0) is 18.6 Å². The number of carbonyl (C=O) groups is 1. The highest BCUT2D eigenvalue weighted by molar-refractivity contribution is 8.15. The van der Waals surface area contributed by atoms with E-state index in [2.05, 4.69) is 16.9 Å². The summed E-state index contributed by atoms with van der Waals surface area (Å²) >= 11 is 1.42. The second kappa shape index (κ2) is 7.65. The zero-order chi connectivity index (χ0) is 19.8. The minimum Gasteiger partial charge on any atom is -0.454 e. The number of amides is 1. The molecule has 1 saturated carbocycles. The normalized spacial score (nSPS) is 30.4. The van der Waals surface area contributed by atoms with Gasteiger partial charge in [0.2, 0.25) is 12.7 Å². The third-order valence-electron chi connectivity index (χ3n) is 5.21. The first-order valence-electron chi connectivity index (χ1n) is 9.11. The summed E-state index contributed by atoms with van der Waals surface area (Å²) in [4.78, 5) is 19.0. The number of fused-ring (bicyclic) bond motifs is 2. The molecule has 150 valence electrons. The Morgan fingerprint density at radius 2 is 2.21 bits per heavy atom. The Bertz CT molecular complexity index is 817. The van der Waals surface area contributed by atoms with Crippen LogP contribution in [0.5, 0.6) is 11.5 Å². The van der Waals surface area contributed by atoms with Gasteiger partial charge in [-0.15, -0.1) is 6.58 Å². The molecule has 1 aromatic carbocycles. The van der Waals surface area contributed by atoms with Crippen LogP contribution in [0.2, 0.25) is 0 Å². The van der Waals surface area contributed by atoms with Gasteiger partial charge in [-0.1, -0.05) is 17.8 Å². The number of nitrogens with one attached hydrogen (secondary N) is 1. The van der Waals surface area contributed by atoms with Gasteiger partial charge in [-0.25, -0.2) is 0 Å². The fourth-order valence-corrected chi connectivity index (χ4v) is 5.13. The molecule has 0 radical (unpaired) electrons. The zero-order valence-corrected chi connectivity index (χ0v) is 16.3. The van der Waals surface area contributed by atoms with Crippen molar-refractivity contribution in [3.63, 3.8) is 0 Å². The number of rotatable bonds is 4. The molecule has 9 heteroatoms. The van der Waals surface area contributed by atoms with Crippen LogP contribution in [0, 0.1) is 5.92 Å². The minimum atomic E-state index is -0.998. The molecule has 3 aliphatic rings. The molecular weight excluding hydrogens is 382 g/mol. The molecule has 0 saturated heterocycles. The van der Waals surface area contributed by atoms with Gasteiger partial charge in [-0.3, -0.25) is 9.79 Å². The largest absolute Gasteiger partial charge is 0.454 e. The van der Waals surface area contributed by atoms with Crippen LogP contribution in [0.3, 0.4) is 0 Å². The predicted molar refractivity (Wildman–Crippen MR) is 107 cm³/mol. The molecule has 28 heavy (non-hydrogen) atoms. The maximum Gasteiger partial charge on any atom is 0.231 e. The van der Waals surface area contributed by atoms with Gasteiger partial charge in [0.15, 0.2) is 16.7 Å². The lowest BCUT2D eigenvalue weighted by Crippen LogP contribution is -2.54. The maximum atomic E-state index is 12.8. The Labute approximate surface area is 167 Å². The van der Waals surface area contributed by atoms with Gasteiger partial charge < -0.3 is 29.9 Å². The molecule has 5 atom stereocenters. The van der Waals surface area contributed by atoms with E-state index in [0.717, 1.165) is 5.69 Å². The van der Waals surface area contributed by atoms with Gasteiger partial charge in [0.1, 0.15) is 6.10 Å². The van der Waals surface area contributed by atoms with Crippen molar-refractivity contribution in [1.29, 1.82) is 0 Å². The molecule has 3 N–H and O–H groups in total. The number of carbonyl (C=O) groups excluding carboxylic acids is 1. The van der Waals surface area contributed by atoms with Gasteiger partial charge in [0, 0.05) is 30.6 Å². The molecule has 8 nitrogen and oxygen atoms in total. The molecule has 1 fully saturated rings. The van der Waals surface area contributed by atoms with E-state index in [1.54, 1.807) is 18.0 Å². The van der Waals surface area contributed by atoms with E-state index in [9.17, 15) is 15.0 Å². The second-order valence-corrected chi connectivity index (χ2v) is 8.27. The average molecular weight is 405 g/mol.